The van der Waals surface area contributed by atoms with E-state index in [1.807, 2.05) is 24.3 Å². The Hall–Kier alpha value is -2.36. The number of hydrogen-bond acceptors (Lipinski definition) is 3. The number of aromatic nitrogens is 1. The lowest BCUT2D eigenvalue weighted by Gasteiger charge is -2.05. The van der Waals surface area contributed by atoms with Crippen LogP contribution in [-0.2, 0) is 17.8 Å². The van der Waals surface area contributed by atoms with Crippen molar-refractivity contribution in [3.8, 4) is 5.75 Å². The molecule has 0 saturated carbocycles. The third-order valence-corrected chi connectivity index (χ3v) is 2.47. The molecule has 4 heteroatoms. The first-order valence-corrected chi connectivity index (χ1v) is 5.68. The van der Waals surface area contributed by atoms with Crippen LogP contribution in [0.15, 0.2) is 48.7 Å². The molecule has 1 amide bonds. The van der Waals surface area contributed by atoms with Gasteiger partial charge in [-0.3, -0.25) is 9.78 Å². The van der Waals surface area contributed by atoms with Gasteiger partial charge in [-0.1, -0.05) is 18.2 Å². The lowest BCUT2D eigenvalue weighted by atomic mass is 10.2. The molecule has 92 valence electrons. The molecule has 1 heterocycles. The summed E-state index contributed by atoms with van der Waals surface area (Å²) in [6.07, 6.45) is 1.93. The largest absolute Gasteiger partial charge is 0.508 e. The van der Waals surface area contributed by atoms with Gasteiger partial charge in [0.15, 0.2) is 0 Å². The number of amides is 1. The van der Waals surface area contributed by atoms with E-state index < -0.39 is 0 Å². The number of pyridine rings is 1. The van der Waals surface area contributed by atoms with Crippen molar-refractivity contribution in [2.24, 2.45) is 0 Å². The van der Waals surface area contributed by atoms with Gasteiger partial charge in [-0.25, -0.2) is 0 Å². The predicted molar refractivity (Wildman–Crippen MR) is 67.9 cm³/mol. The van der Waals surface area contributed by atoms with Gasteiger partial charge in [0, 0.05) is 18.4 Å². The first-order chi connectivity index (χ1) is 8.74. The molecule has 1 aromatic heterocycles. The summed E-state index contributed by atoms with van der Waals surface area (Å²) < 4.78 is 0. The van der Waals surface area contributed by atoms with Gasteiger partial charge < -0.3 is 10.4 Å². The fourth-order valence-corrected chi connectivity index (χ4v) is 1.60. The van der Waals surface area contributed by atoms with Crippen molar-refractivity contribution in [1.29, 1.82) is 0 Å². The Morgan fingerprint density at radius 2 is 2.11 bits per heavy atom. The van der Waals surface area contributed by atoms with E-state index in [-0.39, 0.29) is 18.1 Å². The number of carbonyl (C=O) groups excluding carboxylic acids is 1. The van der Waals surface area contributed by atoms with Crippen molar-refractivity contribution in [3.63, 3.8) is 0 Å². The number of benzene rings is 1. The minimum Gasteiger partial charge on any atom is -0.508 e. The van der Waals surface area contributed by atoms with Gasteiger partial charge in [0.1, 0.15) is 5.75 Å². The van der Waals surface area contributed by atoms with Crippen LogP contribution in [0.4, 0.5) is 0 Å². The standard InChI is InChI=1S/C14H14N2O2/c17-13-6-3-4-11(8-13)10-16-14(18)9-12-5-1-2-7-15-12/h1-8,17H,9-10H2,(H,16,18). The highest BCUT2D eigenvalue weighted by atomic mass is 16.3. The SMILES string of the molecule is O=C(Cc1ccccn1)NCc1cccc(O)c1. The highest BCUT2D eigenvalue weighted by molar-refractivity contribution is 5.78. The van der Waals surface area contributed by atoms with Crippen molar-refractivity contribution >= 4 is 5.91 Å². The Balaban J connectivity index is 1.85. The zero-order valence-corrected chi connectivity index (χ0v) is 9.84. The maximum atomic E-state index is 11.7. The maximum Gasteiger partial charge on any atom is 0.226 e. The number of carbonyl (C=O) groups is 1. The molecule has 0 aliphatic heterocycles. The summed E-state index contributed by atoms with van der Waals surface area (Å²) in [5.74, 6) is 0.114. The predicted octanol–water partition coefficient (Wildman–Crippen LogP) is 1.65. The van der Waals surface area contributed by atoms with Crippen LogP contribution in [-0.4, -0.2) is 16.0 Å². The summed E-state index contributed by atoms with van der Waals surface area (Å²) in [4.78, 5) is 15.7. The van der Waals surface area contributed by atoms with Crippen LogP contribution >= 0.6 is 0 Å². The van der Waals surface area contributed by atoms with Crippen molar-refractivity contribution in [3.05, 3.63) is 59.9 Å². The number of nitrogens with zero attached hydrogens (tertiary/aromatic N) is 1. The molecule has 0 aliphatic carbocycles. The number of hydrogen-bond donors (Lipinski definition) is 2. The second-order valence-corrected chi connectivity index (χ2v) is 3.94. The highest BCUT2D eigenvalue weighted by Gasteiger charge is 2.03. The molecule has 4 nitrogen and oxygen atoms in total. The lowest BCUT2D eigenvalue weighted by molar-refractivity contribution is -0.120. The molecule has 2 N–H and O–H groups in total. The van der Waals surface area contributed by atoms with E-state index in [1.54, 1.807) is 24.4 Å². The van der Waals surface area contributed by atoms with Gasteiger partial charge in [0.05, 0.1) is 6.42 Å². The zero-order valence-electron chi connectivity index (χ0n) is 9.84. The summed E-state index contributed by atoms with van der Waals surface area (Å²) in [5.41, 5.74) is 1.61. The first kappa shape index (κ1) is 12.1. The molecule has 0 atom stereocenters. The normalized spacial score (nSPS) is 10.0. The second-order valence-electron chi connectivity index (χ2n) is 3.94. The molecule has 1 aromatic carbocycles. The van der Waals surface area contributed by atoms with Crippen LogP contribution in [0.25, 0.3) is 0 Å². The van der Waals surface area contributed by atoms with E-state index in [0.29, 0.717) is 6.54 Å². The quantitative estimate of drug-likeness (QED) is 0.856. The molecule has 0 radical (unpaired) electrons. The van der Waals surface area contributed by atoms with Crippen LogP contribution in [0.2, 0.25) is 0 Å². The first-order valence-electron chi connectivity index (χ1n) is 5.68. The van der Waals surface area contributed by atoms with E-state index in [9.17, 15) is 9.90 Å². The number of phenolic OH excluding ortho intramolecular Hbond substituents is 1. The molecule has 0 saturated heterocycles. The molecule has 0 bridgehead atoms. The summed E-state index contributed by atoms with van der Waals surface area (Å²) in [6.45, 7) is 0.403. The Bertz CT molecular complexity index is 526. The van der Waals surface area contributed by atoms with Gasteiger partial charge in [-0.05, 0) is 29.8 Å². The van der Waals surface area contributed by atoms with Crippen molar-refractivity contribution in [2.45, 2.75) is 13.0 Å². The summed E-state index contributed by atoms with van der Waals surface area (Å²) in [7, 11) is 0. The fraction of sp³-hybridized carbons (Fsp3) is 0.143. The smallest absolute Gasteiger partial charge is 0.226 e. The monoisotopic (exact) mass is 242 g/mol. The van der Waals surface area contributed by atoms with E-state index in [0.717, 1.165) is 11.3 Å². The molecule has 2 aromatic rings. The number of aromatic hydroxyl groups is 1. The number of nitrogens with one attached hydrogen (secondary N) is 1. The van der Waals surface area contributed by atoms with Crippen molar-refractivity contribution < 1.29 is 9.90 Å². The number of rotatable bonds is 4. The Labute approximate surface area is 105 Å². The Kier molecular flexibility index (Phi) is 3.91. The average molecular weight is 242 g/mol. The second kappa shape index (κ2) is 5.82. The minimum absolute atomic E-state index is 0.0861. The van der Waals surface area contributed by atoms with Gasteiger partial charge in [-0.15, -0.1) is 0 Å². The molecular weight excluding hydrogens is 228 g/mol. The van der Waals surface area contributed by atoms with Crippen LogP contribution in [0, 0.1) is 0 Å². The van der Waals surface area contributed by atoms with Crippen LogP contribution in [0.1, 0.15) is 11.3 Å². The fourth-order valence-electron chi connectivity index (χ4n) is 1.60. The molecule has 0 unspecified atom stereocenters. The topological polar surface area (TPSA) is 62.2 Å². The summed E-state index contributed by atoms with van der Waals surface area (Å²) in [6, 6.07) is 12.3. The average Bonchev–Trinajstić information content (AvgIpc) is 2.38. The van der Waals surface area contributed by atoms with E-state index in [1.165, 1.54) is 0 Å². The molecule has 2 rings (SSSR count). The molecule has 0 fully saturated rings. The molecular formula is C14H14N2O2. The maximum absolute atomic E-state index is 11.7. The van der Waals surface area contributed by atoms with Gasteiger partial charge >= 0.3 is 0 Å². The van der Waals surface area contributed by atoms with Gasteiger partial charge in [0.25, 0.3) is 0 Å². The van der Waals surface area contributed by atoms with E-state index >= 15 is 0 Å². The lowest BCUT2D eigenvalue weighted by Crippen LogP contribution is -2.24. The van der Waals surface area contributed by atoms with Gasteiger partial charge in [0.2, 0.25) is 5.91 Å². The summed E-state index contributed by atoms with van der Waals surface area (Å²) >= 11 is 0. The highest BCUT2D eigenvalue weighted by Crippen LogP contribution is 2.10. The summed E-state index contributed by atoms with van der Waals surface area (Å²) in [5, 5.41) is 12.1. The van der Waals surface area contributed by atoms with Crippen molar-refractivity contribution in [2.75, 3.05) is 0 Å². The molecule has 0 spiro atoms. The Morgan fingerprint density at radius 3 is 2.83 bits per heavy atom. The minimum atomic E-state index is -0.0861. The molecule has 0 aliphatic rings. The zero-order chi connectivity index (χ0) is 12.8. The van der Waals surface area contributed by atoms with Crippen LogP contribution in [0.3, 0.4) is 0 Å². The molecule has 18 heavy (non-hydrogen) atoms. The van der Waals surface area contributed by atoms with E-state index in [4.69, 9.17) is 0 Å². The van der Waals surface area contributed by atoms with Crippen molar-refractivity contribution in [1.82, 2.24) is 10.3 Å². The van der Waals surface area contributed by atoms with E-state index in [2.05, 4.69) is 10.3 Å². The third kappa shape index (κ3) is 3.59. The van der Waals surface area contributed by atoms with Gasteiger partial charge in [-0.2, -0.15) is 0 Å². The van der Waals surface area contributed by atoms with Crippen LogP contribution < -0.4 is 5.32 Å². The number of phenols is 1. The van der Waals surface area contributed by atoms with Crippen LogP contribution in [0.5, 0.6) is 5.75 Å². The third-order valence-electron chi connectivity index (χ3n) is 2.47. The Morgan fingerprint density at radius 1 is 1.22 bits per heavy atom.